The summed E-state index contributed by atoms with van der Waals surface area (Å²) in [7, 11) is -10.6. The summed E-state index contributed by atoms with van der Waals surface area (Å²) in [4.78, 5) is 34.5. The molecule has 0 heterocycles. The first-order valence-corrected chi connectivity index (χ1v) is 6.82. The average Bonchev–Trinajstić information content (AvgIpc) is 1.95. The van der Waals surface area contributed by atoms with Crippen LogP contribution in [-0.2, 0) is 9.13 Å². The Kier molecular flexibility index (Phi) is 12.2. The van der Waals surface area contributed by atoms with Crippen LogP contribution < -0.4 is 64.8 Å². The maximum atomic E-state index is 10.7. The topological polar surface area (TPSA) is 161 Å². The second kappa shape index (κ2) is 8.40. The van der Waals surface area contributed by atoms with Gasteiger partial charge in [0.15, 0.2) is 0 Å². The second-order valence-electron chi connectivity index (χ2n) is 2.75. The van der Waals surface area contributed by atoms with E-state index in [1.165, 1.54) is 0 Å². The molecule has 0 aromatic rings. The molecule has 0 aromatic heterocycles. The van der Waals surface area contributed by atoms with Crippen LogP contribution in [0, 0.1) is 0 Å². The number of hydrogen-bond acceptors (Lipinski definition) is 4. The van der Waals surface area contributed by atoms with Gasteiger partial charge in [0.05, 0.1) is 0 Å². The van der Waals surface area contributed by atoms with Crippen LogP contribution in [0.3, 0.4) is 0 Å². The minimum absolute atomic E-state index is 0. The molecule has 0 aromatic carbocycles. The van der Waals surface area contributed by atoms with Gasteiger partial charge in [0.2, 0.25) is 0 Å². The molecule has 0 atom stereocenters. The summed E-state index contributed by atoms with van der Waals surface area (Å²) in [6.07, 6.45) is -0.856. The Bertz CT molecular complexity index is 275. The molecule has 90 valence electrons. The van der Waals surface area contributed by atoms with E-state index >= 15 is 0 Å². The monoisotopic (exact) mass is 297 g/mol. The Hall–Kier alpha value is 2.22. The van der Waals surface area contributed by atoms with Crippen molar-refractivity contribution in [1.29, 1.82) is 0 Å². The molecular formula is C4H15NNa2O7P2. The van der Waals surface area contributed by atoms with Gasteiger partial charge >= 0.3 is 74.3 Å². The largest absolute Gasteiger partial charge is 1.00 e. The van der Waals surface area contributed by atoms with Crippen LogP contribution >= 0.6 is 15.2 Å². The summed E-state index contributed by atoms with van der Waals surface area (Å²) >= 11 is 0. The van der Waals surface area contributed by atoms with Crippen LogP contribution in [0.15, 0.2) is 0 Å². The van der Waals surface area contributed by atoms with Crippen LogP contribution in [0.2, 0.25) is 0 Å². The molecule has 0 aliphatic heterocycles. The molecule has 0 aliphatic carbocycles. The summed E-state index contributed by atoms with van der Waals surface area (Å²) in [6.45, 7) is -0.0394. The van der Waals surface area contributed by atoms with Gasteiger partial charge in [0, 0.05) is 6.42 Å². The van der Waals surface area contributed by atoms with Crippen molar-refractivity contribution in [2.24, 2.45) is 5.73 Å². The number of nitrogens with two attached hydrogens (primary N) is 1. The molecular weight excluding hydrogens is 282 g/mol. The standard InChI is InChI=1S/C4H13NO7P2.2Na.2H/c5-3-1-2-4(6,13(7,8)9)14(10,11)12;;;;/h6H,1-3,5H2,(H2,7,8,9)(H2,10,11,12);;;;/q;2*+1;2*-1. The van der Waals surface area contributed by atoms with Gasteiger partial charge in [-0.05, 0) is 13.0 Å². The fourth-order valence-corrected chi connectivity index (χ4v) is 3.06. The molecule has 0 saturated heterocycles. The summed E-state index contributed by atoms with van der Waals surface area (Å²) in [5, 5.41) is 5.91. The fourth-order valence-electron chi connectivity index (χ4n) is 0.800. The Morgan fingerprint density at radius 3 is 1.56 bits per heavy atom. The average molecular weight is 297 g/mol. The van der Waals surface area contributed by atoms with Crippen molar-refractivity contribution in [1.82, 2.24) is 0 Å². The maximum absolute atomic E-state index is 10.7. The van der Waals surface area contributed by atoms with Crippen molar-refractivity contribution in [3.05, 3.63) is 0 Å². The van der Waals surface area contributed by atoms with E-state index in [2.05, 4.69) is 0 Å². The summed E-state index contributed by atoms with van der Waals surface area (Å²) < 4.78 is 21.4. The predicted molar refractivity (Wildman–Crippen MR) is 49.6 cm³/mol. The van der Waals surface area contributed by atoms with E-state index in [0.717, 1.165) is 0 Å². The van der Waals surface area contributed by atoms with E-state index in [0.29, 0.717) is 0 Å². The van der Waals surface area contributed by atoms with Crippen molar-refractivity contribution in [2.75, 3.05) is 6.54 Å². The molecule has 0 spiro atoms. The Labute approximate surface area is 140 Å². The Balaban J connectivity index is -0.000000141. The van der Waals surface area contributed by atoms with Crippen LogP contribution in [-0.4, -0.2) is 36.3 Å². The van der Waals surface area contributed by atoms with Crippen molar-refractivity contribution in [3.63, 3.8) is 0 Å². The zero-order valence-electron chi connectivity index (χ0n) is 11.1. The zero-order chi connectivity index (χ0) is 11.6. The van der Waals surface area contributed by atoms with E-state index in [1.807, 2.05) is 0 Å². The van der Waals surface area contributed by atoms with E-state index < -0.39 is 26.7 Å². The number of rotatable bonds is 5. The van der Waals surface area contributed by atoms with E-state index in [9.17, 15) is 14.2 Å². The fraction of sp³-hybridized carbons (Fsp3) is 1.00. The van der Waals surface area contributed by atoms with E-state index in [-0.39, 0.29) is 74.9 Å². The van der Waals surface area contributed by atoms with E-state index in [4.69, 9.17) is 25.3 Å². The zero-order valence-corrected chi connectivity index (χ0v) is 14.9. The van der Waals surface area contributed by atoms with Gasteiger partial charge in [0.1, 0.15) is 0 Å². The molecule has 0 aliphatic rings. The normalized spacial score (nSPS) is 12.6. The molecule has 8 nitrogen and oxygen atoms in total. The molecule has 0 radical (unpaired) electrons. The molecule has 0 rings (SSSR count). The van der Waals surface area contributed by atoms with Gasteiger partial charge in [-0.3, -0.25) is 9.13 Å². The van der Waals surface area contributed by atoms with Crippen molar-refractivity contribution in [3.8, 4) is 0 Å². The summed E-state index contributed by atoms with van der Waals surface area (Å²) in [5.41, 5.74) is 5.01. The number of aliphatic hydroxyl groups is 1. The summed E-state index contributed by atoms with van der Waals surface area (Å²) in [5.74, 6) is 0. The maximum Gasteiger partial charge on any atom is 1.00 e. The van der Waals surface area contributed by atoms with Crippen molar-refractivity contribution in [2.45, 2.75) is 17.9 Å². The van der Waals surface area contributed by atoms with Crippen LogP contribution in [0.1, 0.15) is 15.7 Å². The molecule has 0 bridgehead atoms. The third-order valence-electron chi connectivity index (χ3n) is 1.65. The van der Waals surface area contributed by atoms with Gasteiger partial charge < -0.3 is 33.3 Å². The van der Waals surface area contributed by atoms with Gasteiger partial charge in [-0.25, -0.2) is 0 Å². The first-order chi connectivity index (χ1) is 6.06. The first kappa shape index (κ1) is 23.3. The van der Waals surface area contributed by atoms with Gasteiger partial charge in [0.25, 0.3) is 5.08 Å². The Morgan fingerprint density at radius 1 is 1.06 bits per heavy atom. The van der Waals surface area contributed by atoms with Gasteiger partial charge in [-0.2, -0.15) is 0 Å². The van der Waals surface area contributed by atoms with Crippen LogP contribution in [0.4, 0.5) is 0 Å². The van der Waals surface area contributed by atoms with Gasteiger partial charge in [-0.15, -0.1) is 0 Å². The first-order valence-electron chi connectivity index (χ1n) is 3.60. The molecule has 12 heteroatoms. The van der Waals surface area contributed by atoms with Crippen molar-refractivity contribution < 1.29 is 95.8 Å². The minimum Gasteiger partial charge on any atom is -1.00 e. The van der Waals surface area contributed by atoms with Crippen LogP contribution in [0.25, 0.3) is 0 Å². The van der Waals surface area contributed by atoms with E-state index in [1.54, 1.807) is 0 Å². The minimum atomic E-state index is -5.30. The van der Waals surface area contributed by atoms with Crippen LogP contribution in [0.5, 0.6) is 0 Å². The molecule has 16 heavy (non-hydrogen) atoms. The molecule has 0 saturated carbocycles. The molecule has 7 N–H and O–H groups in total. The predicted octanol–water partition coefficient (Wildman–Crippen LogP) is -7.04. The third-order valence-corrected chi connectivity index (χ3v) is 5.53. The SMILES string of the molecule is NCCCC(O)(P(=O)(O)O)P(=O)(O)O.[H-].[H-].[Na+].[Na+]. The third kappa shape index (κ3) is 5.91. The van der Waals surface area contributed by atoms with Crippen molar-refractivity contribution >= 4 is 15.2 Å². The second-order valence-corrected chi connectivity index (χ2v) is 6.76. The molecule has 0 fully saturated rings. The van der Waals surface area contributed by atoms with Gasteiger partial charge in [-0.1, -0.05) is 0 Å². The quantitative estimate of drug-likeness (QED) is 0.215. The molecule has 0 unspecified atom stereocenters. The Morgan fingerprint density at radius 2 is 1.38 bits per heavy atom. The summed E-state index contributed by atoms with van der Waals surface area (Å²) in [6, 6.07) is 0. The smallest absolute Gasteiger partial charge is 1.00 e. The number of hydrogen-bond donors (Lipinski definition) is 6. The molecule has 0 amide bonds.